The van der Waals surface area contributed by atoms with Crippen LogP contribution in [0.25, 0.3) is 0 Å². The van der Waals surface area contributed by atoms with E-state index in [4.69, 9.17) is 0 Å². The van der Waals surface area contributed by atoms with Crippen molar-refractivity contribution >= 4 is 20.0 Å². The Hall–Kier alpha value is -1.88. The lowest BCUT2D eigenvalue weighted by Gasteiger charge is -2.32. The maximum absolute atomic E-state index is 11.7. The Kier molecular flexibility index (Phi) is 6.97. The highest BCUT2D eigenvalue weighted by Crippen LogP contribution is 2.27. The molecule has 5 heteroatoms. The van der Waals surface area contributed by atoms with Crippen LogP contribution in [0.5, 0.6) is 0 Å². The Bertz CT molecular complexity index is 633. The number of aliphatic imine (C=N–C) groups is 1. The Labute approximate surface area is 147 Å². The molecule has 0 aromatic heterocycles. The van der Waals surface area contributed by atoms with Gasteiger partial charge in [-0.05, 0) is 44.4 Å². The van der Waals surface area contributed by atoms with Crippen molar-refractivity contribution in [2.24, 2.45) is 10.4 Å². The third kappa shape index (κ3) is 5.06. The summed E-state index contributed by atoms with van der Waals surface area (Å²) < 4.78 is 0. The summed E-state index contributed by atoms with van der Waals surface area (Å²) in [5.74, 6) is 0.707. The summed E-state index contributed by atoms with van der Waals surface area (Å²) in [6.45, 7) is 14.5. The molecule has 0 spiro atoms. The predicted octanol–water partition coefficient (Wildman–Crippen LogP) is 2.46. The van der Waals surface area contributed by atoms with Gasteiger partial charge in [0.2, 0.25) is 0 Å². The number of hydrogen-bond donors (Lipinski definition) is 2. The minimum atomic E-state index is -0.0104. The Morgan fingerprint density at radius 3 is 2.58 bits per heavy atom. The van der Waals surface area contributed by atoms with Gasteiger partial charge in [-0.15, -0.1) is 0 Å². The third-order valence-corrected chi connectivity index (χ3v) is 4.34. The van der Waals surface area contributed by atoms with Crippen LogP contribution in [0.15, 0.2) is 51.7 Å². The molecule has 0 aromatic carbocycles. The minimum absolute atomic E-state index is 0.0104. The number of carbonyl (C=O) groups excluding carboxylic acids is 1. The van der Waals surface area contributed by atoms with Crippen molar-refractivity contribution in [2.75, 3.05) is 7.05 Å². The number of aldehydes is 1. The van der Waals surface area contributed by atoms with Crippen molar-refractivity contribution in [3.05, 3.63) is 46.7 Å². The van der Waals surface area contributed by atoms with Gasteiger partial charge >= 0.3 is 0 Å². The van der Waals surface area contributed by atoms with Gasteiger partial charge in [0.15, 0.2) is 6.29 Å². The molecular formula is C19H30BN3O. The molecule has 0 radical (unpaired) electrons. The van der Waals surface area contributed by atoms with Crippen LogP contribution in [0.1, 0.15) is 41.0 Å². The van der Waals surface area contributed by atoms with Gasteiger partial charge in [0.1, 0.15) is 13.7 Å². The van der Waals surface area contributed by atoms with E-state index in [-0.39, 0.29) is 11.5 Å². The van der Waals surface area contributed by atoms with Gasteiger partial charge in [-0.25, -0.2) is 4.99 Å². The van der Waals surface area contributed by atoms with Gasteiger partial charge in [0.05, 0.1) is 0 Å². The number of rotatable bonds is 5. The summed E-state index contributed by atoms with van der Waals surface area (Å²) in [5, 5.41) is 6.49. The maximum atomic E-state index is 11.7. The first kappa shape index (κ1) is 20.2. The number of hydrogen-bond acceptors (Lipinski definition) is 4. The van der Waals surface area contributed by atoms with Crippen LogP contribution in [0.3, 0.4) is 0 Å². The number of carbonyl (C=O) groups is 1. The first-order valence-electron chi connectivity index (χ1n) is 8.32. The van der Waals surface area contributed by atoms with Crippen LogP contribution in [0.4, 0.5) is 0 Å². The number of likely N-dealkylation sites (N-methyl/N-ethyl adjacent to an activating group) is 1. The van der Waals surface area contributed by atoms with Gasteiger partial charge in [-0.1, -0.05) is 38.9 Å². The monoisotopic (exact) mass is 327 g/mol. The fraction of sp³-hybridized carbons (Fsp3) is 0.474. The molecule has 0 aromatic rings. The molecule has 0 amide bonds. The highest BCUT2D eigenvalue weighted by molar-refractivity contribution is 6.22. The summed E-state index contributed by atoms with van der Waals surface area (Å²) in [4.78, 5) is 16.3. The first-order chi connectivity index (χ1) is 11.1. The predicted molar refractivity (Wildman–Crippen MR) is 106 cm³/mol. The summed E-state index contributed by atoms with van der Waals surface area (Å²) in [6, 6.07) is 0.0757. The number of amidine groups is 1. The molecule has 2 N–H and O–H groups in total. The largest absolute Gasteiger partial charge is 0.340 e. The second-order valence-corrected chi connectivity index (χ2v) is 7.38. The van der Waals surface area contributed by atoms with Gasteiger partial charge in [-0.3, -0.25) is 4.79 Å². The van der Waals surface area contributed by atoms with E-state index in [1.54, 1.807) is 0 Å². The molecule has 1 aliphatic rings. The van der Waals surface area contributed by atoms with Crippen LogP contribution >= 0.6 is 0 Å². The number of nitrogens with one attached hydrogen (secondary N) is 2. The van der Waals surface area contributed by atoms with E-state index in [9.17, 15) is 4.79 Å². The molecule has 1 atom stereocenters. The van der Waals surface area contributed by atoms with Crippen LogP contribution in [-0.2, 0) is 4.79 Å². The smallest absolute Gasteiger partial charge is 0.152 e. The van der Waals surface area contributed by atoms with Gasteiger partial charge in [0, 0.05) is 23.0 Å². The molecule has 1 aliphatic heterocycles. The second kappa shape index (κ2) is 8.29. The molecule has 0 fully saturated rings. The normalized spacial score (nSPS) is 17.7. The van der Waals surface area contributed by atoms with Crippen LogP contribution in [0.2, 0.25) is 0 Å². The van der Waals surface area contributed by atoms with E-state index >= 15 is 0 Å². The quantitative estimate of drug-likeness (QED) is 0.353. The van der Waals surface area contributed by atoms with Crippen LogP contribution in [-0.4, -0.2) is 33.1 Å². The average Bonchev–Trinajstić information content (AvgIpc) is 2.60. The van der Waals surface area contributed by atoms with Crippen molar-refractivity contribution in [3.63, 3.8) is 0 Å². The van der Waals surface area contributed by atoms with Crippen LogP contribution in [0, 0.1) is 5.41 Å². The molecule has 1 heterocycles. The fourth-order valence-electron chi connectivity index (χ4n) is 2.96. The lowest BCUT2D eigenvalue weighted by molar-refractivity contribution is -0.104. The molecule has 4 nitrogen and oxygen atoms in total. The Morgan fingerprint density at radius 1 is 1.46 bits per heavy atom. The Balaban J connectivity index is 3.13. The molecular weight excluding hydrogens is 297 g/mol. The summed E-state index contributed by atoms with van der Waals surface area (Å²) in [6.07, 6.45) is 5.75. The summed E-state index contributed by atoms with van der Waals surface area (Å²) in [5.41, 5.74) is 4.35. The van der Waals surface area contributed by atoms with E-state index in [0.717, 1.165) is 24.0 Å². The molecule has 1 unspecified atom stereocenters. The molecule has 0 saturated heterocycles. The van der Waals surface area contributed by atoms with Crippen molar-refractivity contribution in [1.29, 1.82) is 0 Å². The maximum Gasteiger partial charge on any atom is 0.152 e. The minimum Gasteiger partial charge on any atom is -0.340 e. The molecule has 130 valence electrons. The zero-order valence-corrected chi connectivity index (χ0v) is 16.1. The van der Waals surface area contributed by atoms with Gasteiger partial charge in [-0.2, -0.15) is 0 Å². The highest BCUT2D eigenvalue weighted by Gasteiger charge is 2.27. The van der Waals surface area contributed by atoms with E-state index in [0.29, 0.717) is 17.1 Å². The van der Waals surface area contributed by atoms with Gasteiger partial charge < -0.3 is 10.6 Å². The van der Waals surface area contributed by atoms with Crippen molar-refractivity contribution in [1.82, 2.24) is 10.6 Å². The molecule has 0 saturated carbocycles. The highest BCUT2D eigenvalue weighted by atomic mass is 16.1. The number of allylic oxidation sites excluding steroid dienone is 4. The van der Waals surface area contributed by atoms with Gasteiger partial charge in [0.25, 0.3) is 0 Å². The first-order valence-corrected chi connectivity index (χ1v) is 8.32. The second-order valence-electron chi connectivity index (χ2n) is 7.38. The third-order valence-electron chi connectivity index (χ3n) is 4.34. The van der Waals surface area contributed by atoms with E-state index in [2.05, 4.69) is 56.9 Å². The number of nitrogens with zero attached hydrogens (tertiary/aromatic N) is 1. The zero-order chi connectivity index (χ0) is 18.5. The molecule has 0 aliphatic carbocycles. The zero-order valence-electron chi connectivity index (χ0n) is 16.1. The molecule has 0 bridgehead atoms. The summed E-state index contributed by atoms with van der Waals surface area (Å²) in [7, 11) is 3.98. The standard InChI is InChI=1S/C19H30BN3O/c1-12(18(21-7)19(4,5)6)15(11-24)13(2)22-17-10-8-9-16(20)14(3)23-17/h8,10-11,18,21H,2,9,20H2,1,3-7H3,(H,22,23)/b15-12+. The average molecular weight is 327 g/mol. The lowest BCUT2D eigenvalue weighted by atomic mass is 9.81. The topological polar surface area (TPSA) is 53.5 Å². The van der Waals surface area contributed by atoms with Crippen molar-refractivity contribution in [3.8, 4) is 0 Å². The van der Waals surface area contributed by atoms with Crippen LogP contribution < -0.4 is 10.6 Å². The summed E-state index contributed by atoms with van der Waals surface area (Å²) >= 11 is 0. The van der Waals surface area contributed by atoms with E-state index in [1.165, 1.54) is 5.47 Å². The fourth-order valence-corrected chi connectivity index (χ4v) is 2.96. The molecule has 24 heavy (non-hydrogen) atoms. The van der Waals surface area contributed by atoms with Crippen molar-refractivity contribution in [2.45, 2.75) is 47.1 Å². The van der Waals surface area contributed by atoms with Crippen molar-refractivity contribution < 1.29 is 4.79 Å². The molecule has 1 rings (SSSR count). The Morgan fingerprint density at radius 2 is 2.08 bits per heavy atom. The SMILES string of the molecule is BC1=C(C)N=C(NC(=C)/C(C=O)=C(\C)C(NC)C(C)(C)C)C=CC1. The van der Waals surface area contributed by atoms with E-state index in [1.807, 2.05) is 27.0 Å². The lowest BCUT2D eigenvalue weighted by Crippen LogP contribution is -2.40. The van der Waals surface area contributed by atoms with E-state index < -0.39 is 0 Å².